The number of hydrogen-bond donors (Lipinski definition) is 3. The second-order valence-electron chi connectivity index (χ2n) is 6.69. The number of carbonyl (C=O) groups is 2. The average molecular weight is 388 g/mol. The number of rotatable bonds is 5. The number of carbonyl (C=O) groups excluding carboxylic acids is 2. The lowest BCUT2D eigenvalue weighted by Crippen LogP contribution is -2.31. The Kier molecular flexibility index (Phi) is 6.28. The maximum Gasteiger partial charge on any atom is 0.325 e. The van der Waals surface area contributed by atoms with Crippen LogP contribution in [0.15, 0.2) is 24.4 Å². The molecule has 0 radical (unpaired) electrons. The number of aromatic nitrogens is 1. The predicted molar refractivity (Wildman–Crippen MR) is 110 cm³/mol. The van der Waals surface area contributed by atoms with Crippen LogP contribution in [0.25, 0.3) is 0 Å². The minimum absolute atomic E-state index is 0.0970. The number of amides is 3. The molecule has 1 fully saturated rings. The van der Waals surface area contributed by atoms with Crippen molar-refractivity contribution in [3.05, 3.63) is 34.8 Å². The Labute approximate surface area is 163 Å². The van der Waals surface area contributed by atoms with Crippen molar-refractivity contribution in [1.29, 1.82) is 0 Å². The maximum atomic E-state index is 12.4. The van der Waals surface area contributed by atoms with Crippen molar-refractivity contribution in [3.63, 3.8) is 0 Å². The summed E-state index contributed by atoms with van der Waals surface area (Å²) in [6.07, 6.45) is 5.27. The van der Waals surface area contributed by atoms with Gasteiger partial charge in [-0.2, -0.15) is 0 Å². The summed E-state index contributed by atoms with van der Waals surface area (Å²) in [5.41, 5.74) is 3.04. The van der Waals surface area contributed by atoms with E-state index in [-0.39, 0.29) is 11.9 Å². The van der Waals surface area contributed by atoms with Gasteiger partial charge in [-0.05, 0) is 43.9 Å². The average Bonchev–Trinajstić information content (AvgIpc) is 3.09. The number of nitrogens with zero attached hydrogens (tertiary/aromatic N) is 2. The van der Waals surface area contributed by atoms with Crippen molar-refractivity contribution < 1.29 is 9.59 Å². The highest BCUT2D eigenvalue weighted by atomic mass is 32.1. The minimum atomic E-state index is -0.322. The highest BCUT2D eigenvalue weighted by molar-refractivity contribution is 7.15. The Morgan fingerprint density at radius 1 is 1.19 bits per heavy atom. The summed E-state index contributed by atoms with van der Waals surface area (Å²) in [7, 11) is 0. The fourth-order valence-corrected chi connectivity index (χ4v) is 3.80. The van der Waals surface area contributed by atoms with Crippen molar-refractivity contribution in [2.24, 2.45) is 0 Å². The number of hydrogen-bond acceptors (Lipinski definition) is 5. The van der Waals surface area contributed by atoms with E-state index in [1.54, 1.807) is 6.20 Å². The van der Waals surface area contributed by atoms with E-state index in [1.807, 2.05) is 12.1 Å². The second-order valence-corrected chi connectivity index (χ2v) is 7.80. The predicted octanol–water partition coefficient (Wildman–Crippen LogP) is 3.72. The van der Waals surface area contributed by atoms with Crippen LogP contribution in [0.4, 0.5) is 21.3 Å². The fourth-order valence-electron chi connectivity index (χ4n) is 3.05. The van der Waals surface area contributed by atoms with Crippen LogP contribution in [0.1, 0.15) is 36.6 Å². The molecule has 7 nitrogen and oxygen atoms in total. The maximum absolute atomic E-state index is 12.4. The van der Waals surface area contributed by atoms with Crippen LogP contribution >= 0.6 is 11.3 Å². The summed E-state index contributed by atoms with van der Waals surface area (Å²) in [6, 6.07) is 5.74. The van der Waals surface area contributed by atoms with Gasteiger partial charge in [-0.3, -0.25) is 10.1 Å². The SMILES string of the molecule is CC(=O)NCc1cnc(NC(=O)Nc2ccc(C)cc2N2CCCCC2)s1. The lowest BCUT2D eigenvalue weighted by Gasteiger charge is -2.30. The van der Waals surface area contributed by atoms with Crippen LogP contribution in [0.5, 0.6) is 0 Å². The van der Waals surface area contributed by atoms with Gasteiger partial charge < -0.3 is 15.5 Å². The molecule has 2 heterocycles. The van der Waals surface area contributed by atoms with E-state index in [0.717, 1.165) is 29.3 Å². The lowest BCUT2D eigenvalue weighted by molar-refractivity contribution is -0.119. The van der Waals surface area contributed by atoms with Gasteiger partial charge in [-0.25, -0.2) is 9.78 Å². The zero-order valence-electron chi connectivity index (χ0n) is 15.7. The summed E-state index contributed by atoms with van der Waals surface area (Å²) in [5.74, 6) is -0.0970. The van der Waals surface area contributed by atoms with Crippen LogP contribution in [0.2, 0.25) is 0 Å². The molecule has 0 aliphatic carbocycles. The van der Waals surface area contributed by atoms with Gasteiger partial charge in [0.05, 0.1) is 17.9 Å². The van der Waals surface area contributed by atoms with Gasteiger partial charge in [0.1, 0.15) is 0 Å². The quantitative estimate of drug-likeness (QED) is 0.730. The van der Waals surface area contributed by atoms with E-state index in [4.69, 9.17) is 0 Å². The molecule has 3 rings (SSSR count). The van der Waals surface area contributed by atoms with Gasteiger partial charge in [0.25, 0.3) is 0 Å². The smallest absolute Gasteiger partial charge is 0.325 e. The molecule has 27 heavy (non-hydrogen) atoms. The van der Waals surface area contributed by atoms with Crippen molar-refractivity contribution in [3.8, 4) is 0 Å². The molecule has 1 aliphatic rings. The molecule has 2 aromatic rings. The number of aryl methyl sites for hydroxylation is 1. The zero-order chi connectivity index (χ0) is 19.2. The molecule has 0 unspecified atom stereocenters. The third kappa shape index (κ3) is 5.43. The lowest BCUT2D eigenvalue weighted by atomic mass is 10.1. The first-order valence-corrected chi connectivity index (χ1v) is 9.95. The summed E-state index contributed by atoms with van der Waals surface area (Å²) in [5, 5.41) is 8.93. The van der Waals surface area contributed by atoms with E-state index < -0.39 is 0 Å². The molecule has 144 valence electrons. The first kappa shape index (κ1) is 19.2. The number of thiazole rings is 1. The number of piperidine rings is 1. The number of anilines is 3. The Balaban J connectivity index is 1.64. The Morgan fingerprint density at radius 2 is 1.96 bits per heavy atom. The molecular weight excluding hydrogens is 362 g/mol. The van der Waals surface area contributed by atoms with Crippen LogP contribution in [0, 0.1) is 6.92 Å². The Bertz CT molecular complexity index is 814. The van der Waals surface area contributed by atoms with Gasteiger partial charge in [-0.1, -0.05) is 17.4 Å². The van der Waals surface area contributed by atoms with Gasteiger partial charge in [0.15, 0.2) is 5.13 Å². The van der Waals surface area contributed by atoms with Crippen molar-refractivity contribution in [2.75, 3.05) is 28.6 Å². The number of nitrogens with one attached hydrogen (secondary N) is 3. The van der Waals surface area contributed by atoms with Crippen LogP contribution in [-0.2, 0) is 11.3 Å². The molecule has 8 heteroatoms. The van der Waals surface area contributed by atoms with Gasteiger partial charge >= 0.3 is 6.03 Å². The normalized spacial score (nSPS) is 13.9. The van der Waals surface area contributed by atoms with E-state index in [1.165, 1.54) is 43.1 Å². The first-order chi connectivity index (χ1) is 13.0. The summed E-state index contributed by atoms with van der Waals surface area (Å²) in [4.78, 5) is 30.8. The largest absolute Gasteiger partial charge is 0.370 e. The molecule has 0 atom stereocenters. The van der Waals surface area contributed by atoms with Crippen LogP contribution in [-0.4, -0.2) is 30.0 Å². The Morgan fingerprint density at radius 3 is 2.70 bits per heavy atom. The van der Waals surface area contributed by atoms with Crippen molar-refractivity contribution in [2.45, 2.75) is 39.7 Å². The topological polar surface area (TPSA) is 86.4 Å². The highest BCUT2D eigenvalue weighted by Crippen LogP contribution is 2.30. The second kappa shape index (κ2) is 8.85. The van der Waals surface area contributed by atoms with Gasteiger partial charge in [0, 0.05) is 31.1 Å². The van der Waals surface area contributed by atoms with Crippen LogP contribution in [0.3, 0.4) is 0 Å². The summed E-state index contributed by atoms with van der Waals surface area (Å²) >= 11 is 1.34. The standard InChI is InChI=1S/C19H25N5O2S/c1-13-6-7-16(17(10-13)24-8-4-3-5-9-24)22-18(26)23-19-21-12-15(27-19)11-20-14(2)25/h6-7,10,12H,3-5,8-9,11H2,1-2H3,(H,20,25)(H2,21,22,23,26). The van der Waals surface area contributed by atoms with Crippen molar-refractivity contribution >= 4 is 39.8 Å². The molecule has 1 aromatic heterocycles. The van der Waals surface area contributed by atoms with E-state index in [2.05, 4.69) is 38.8 Å². The Hall–Kier alpha value is -2.61. The summed E-state index contributed by atoms with van der Waals surface area (Å²) < 4.78 is 0. The molecular formula is C19H25N5O2S. The monoisotopic (exact) mass is 387 g/mol. The third-order valence-electron chi connectivity index (χ3n) is 4.38. The molecule has 0 spiro atoms. The van der Waals surface area contributed by atoms with Gasteiger partial charge in [0.2, 0.25) is 5.91 Å². The number of benzene rings is 1. The molecule has 3 amide bonds. The third-order valence-corrected chi connectivity index (χ3v) is 5.30. The fraction of sp³-hybridized carbons (Fsp3) is 0.421. The molecule has 0 saturated carbocycles. The first-order valence-electron chi connectivity index (χ1n) is 9.14. The van der Waals surface area contributed by atoms with Gasteiger partial charge in [-0.15, -0.1) is 0 Å². The molecule has 1 aromatic carbocycles. The van der Waals surface area contributed by atoms with Crippen molar-refractivity contribution in [1.82, 2.24) is 10.3 Å². The van der Waals surface area contributed by atoms with E-state index in [0.29, 0.717) is 11.7 Å². The van der Waals surface area contributed by atoms with Crippen LogP contribution < -0.4 is 20.9 Å². The molecule has 0 bridgehead atoms. The minimum Gasteiger partial charge on any atom is -0.370 e. The molecule has 1 aliphatic heterocycles. The molecule has 3 N–H and O–H groups in total. The highest BCUT2D eigenvalue weighted by Gasteiger charge is 2.16. The summed E-state index contributed by atoms with van der Waals surface area (Å²) in [6.45, 7) is 5.96. The number of urea groups is 1. The van der Waals surface area contributed by atoms with E-state index in [9.17, 15) is 9.59 Å². The molecule has 1 saturated heterocycles. The zero-order valence-corrected chi connectivity index (χ0v) is 16.5. The van der Waals surface area contributed by atoms with E-state index >= 15 is 0 Å².